The monoisotopic (exact) mass is 215 g/mol. The summed E-state index contributed by atoms with van der Waals surface area (Å²) in [5, 5.41) is 4.22. The van der Waals surface area contributed by atoms with E-state index in [1.54, 1.807) is 0 Å². The molecule has 0 spiro atoms. The first-order chi connectivity index (χ1) is 7.66. The van der Waals surface area contributed by atoms with Crippen LogP contribution in [0, 0.1) is 0 Å². The van der Waals surface area contributed by atoms with Gasteiger partial charge in [0.15, 0.2) is 0 Å². The van der Waals surface area contributed by atoms with Gasteiger partial charge < -0.3 is 0 Å². The normalized spacial score (nSPS) is 18.4. The minimum absolute atomic E-state index is 0.324. The lowest BCUT2D eigenvalue weighted by atomic mass is 9.97. The van der Waals surface area contributed by atoms with Crippen molar-refractivity contribution in [2.24, 2.45) is 10.1 Å². The second kappa shape index (κ2) is 4.47. The van der Waals surface area contributed by atoms with E-state index in [0.29, 0.717) is 6.04 Å². The molecule has 3 heteroatoms. The van der Waals surface area contributed by atoms with Crippen LogP contribution < -0.4 is 5.43 Å². The fourth-order valence-electron chi connectivity index (χ4n) is 1.84. The topological polar surface area (TPSA) is 36.8 Å². The molecule has 2 rings (SSSR count). The Labute approximate surface area is 96.3 Å². The van der Waals surface area contributed by atoms with Crippen molar-refractivity contribution < 1.29 is 0 Å². The van der Waals surface area contributed by atoms with Gasteiger partial charge in [0, 0.05) is 11.3 Å². The van der Waals surface area contributed by atoms with Crippen LogP contribution >= 0.6 is 0 Å². The molecule has 0 fully saturated rings. The van der Waals surface area contributed by atoms with Gasteiger partial charge in [-0.2, -0.15) is 5.10 Å². The van der Waals surface area contributed by atoms with E-state index in [0.717, 1.165) is 18.0 Å². The van der Waals surface area contributed by atoms with Crippen LogP contribution in [0.1, 0.15) is 31.9 Å². The molecule has 0 radical (unpaired) electrons. The summed E-state index contributed by atoms with van der Waals surface area (Å²) in [4.78, 5) is 4.59. The first-order valence-corrected chi connectivity index (χ1v) is 5.60. The van der Waals surface area contributed by atoms with Crippen molar-refractivity contribution in [2.75, 3.05) is 0 Å². The molecule has 1 aliphatic heterocycles. The molecule has 0 saturated heterocycles. The van der Waals surface area contributed by atoms with Crippen LogP contribution in [-0.2, 0) is 6.42 Å². The largest absolute Gasteiger partial charge is 0.263 e. The maximum Gasteiger partial charge on any atom is 0.149 e. The fourth-order valence-corrected chi connectivity index (χ4v) is 1.84. The third-order valence-corrected chi connectivity index (χ3v) is 2.52. The van der Waals surface area contributed by atoms with Gasteiger partial charge in [0.05, 0.1) is 6.04 Å². The van der Waals surface area contributed by atoms with Crippen LogP contribution in [0.15, 0.2) is 34.4 Å². The fraction of sp³-hybridized carbons (Fsp3) is 0.385. The second-order valence-corrected chi connectivity index (χ2v) is 4.36. The molecule has 0 bridgehead atoms. The molecule has 0 saturated carbocycles. The number of hydrogen-bond acceptors (Lipinski definition) is 3. The van der Waals surface area contributed by atoms with Crippen molar-refractivity contribution in [3.63, 3.8) is 0 Å². The van der Waals surface area contributed by atoms with Crippen molar-refractivity contribution in [1.82, 2.24) is 5.43 Å². The van der Waals surface area contributed by atoms with Crippen molar-refractivity contribution in [1.29, 1.82) is 0 Å². The molecule has 1 heterocycles. The lowest BCUT2D eigenvalue weighted by molar-refractivity contribution is 0.716. The van der Waals surface area contributed by atoms with Gasteiger partial charge in [-0.25, -0.2) is 0 Å². The summed E-state index contributed by atoms with van der Waals surface area (Å²) in [6.07, 6.45) is 1.01. The van der Waals surface area contributed by atoms with Crippen molar-refractivity contribution in [3.05, 3.63) is 35.4 Å². The molecular weight excluding hydrogens is 198 g/mol. The molecule has 0 amide bonds. The van der Waals surface area contributed by atoms with Gasteiger partial charge in [-0.15, -0.1) is 0 Å². The van der Waals surface area contributed by atoms with E-state index in [9.17, 15) is 0 Å². The third kappa shape index (κ3) is 2.30. The molecule has 0 aromatic heterocycles. The highest BCUT2D eigenvalue weighted by Crippen LogP contribution is 2.18. The zero-order valence-corrected chi connectivity index (χ0v) is 9.99. The van der Waals surface area contributed by atoms with E-state index in [4.69, 9.17) is 0 Å². The Morgan fingerprint density at radius 2 is 2.12 bits per heavy atom. The molecule has 0 aliphatic carbocycles. The maximum atomic E-state index is 4.59. The number of hydrogen-bond donors (Lipinski definition) is 1. The van der Waals surface area contributed by atoms with Crippen LogP contribution in [0.2, 0.25) is 0 Å². The van der Waals surface area contributed by atoms with E-state index in [-0.39, 0.29) is 0 Å². The number of nitrogens with zero attached hydrogens (tertiary/aromatic N) is 2. The van der Waals surface area contributed by atoms with Crippen LogP contribution in [0.4, 0.5) is 0 Å². The highest BCUT2D eigenvalue weighted by molar-refractivity contribution is 6.01. The minimum Gasteiger partial charge on any atom is -0.263 e. The Balaban J connectivity index is 2.32. The number of benzene rings is 1. The number of aliphatic imine (C=N–C) groups is 1. The summed E-state index contributed by atoms with van der Waals surface area (Å²) in [6, 6.07) is 8.68. The van der Waals surface area contributed by atoms with Crippen LogP contribution in [0.25, 0.3) is 0 Å². The van der Waals surface area contributed by atoms with E-state index >= 15 is 0 Å². The smallest absolute Gasteiger partial charge is 0.149 e. The summed E-state index contributed by atoms with van der Waals surface area (Å²) in [6.45, 7) is 6.05. The molecule has 1 atom stereocenters. The first kappa shape index (κ1) is 10.9. The predicted octanol–water partition coefficient (Wildman–Crippen LogP) is 2.36. The molecule has 16 heavy (non-hydrogen) atoms. The van der Waals surface area contributed by atoms with Crippen molar-refractivity contribution in [3.8, 4) is 0 Å². The Morgan fingerprint density at radius 1 is 1.38 bits per heavy atom. The Bertz CT molecular complexity index is 442. The van der Waals surface area contributed by atoms with Crippen LogP contribution in [-0.4, -0.2) is 17.6 Å². The first-order valence-electron chi connectivity index (χ1n) is 5.60. The van der Waals surface area contributed by atoms with Gasteiger partial charge >= 0.3 is 0 Å². The molecule has 1 N–H and O–H groups in total. The number of nitrogens with one attached hydrogen (secondary N) is 1. The van der Waals surface area contributed by atoms with Gasteiger partial charge in [-0.05, 0) is 32.8 Å². The maximum absolute atomic E-state index is 4.59. The molecule has 1 aromatic carbocycles. The highest BCUT2D eigenvalue weighted by atomic mass is 15.3. The summed E-state index contributed by atoms with van der Waals surface area (Å²) in [5.74, 6) is 0.885. The summed E-state index contributed by atoms with van der Waals surface area (Å²) in [7, 11) is 0. The quantitative estimate of drug-likeness (QED) is 0.566. The summed E-state index contributed by atoms with van der Waals surface area (Å²) in [5.41, 5.74) is 6.56. The van der Waals surface area contributed by atoms with Gasteiger partial charge in [0.2, 0.25) is 0 Å². The number of hydrazone groups is 1. The zero-order chi connectivity index (χ0) is 11.5. The van der Waals surface area contributed by atoms with E-state index < -0.39 is 0 Å². The van der Waals surface area contributed by atoms with Crippen molar-refractivity contribution >= 4 is 11.5 Å². The van der Waals surface area contributed by atoms with Gasteiger partial charge in [-0.1, -0.05) is 24.3 Å². The Kier molecular flexibility index (Phi) is 3.04. The highest BCUT2D eigenvalue weighted by Gasteiger charge is 2.17. The average Bonchev–Trinajstić information content (AvgIpc) is 2.25. The van der Waals surface area contributed by atoms with E-state index in [1.165, 1.54) is 11.1 Å². The number of fused-ring (bicyclic) bond motifs is 1. The number of amidine groups is 1. The SMILES string of the molecule is CC(C)=NNC1=NC(C)Cc2ccccc21. The Hall–Kier alpha value is -1.64. The van der Waals surface area contributed by atoms with E-state index in [2.05, 4.69) is 40.6 Å². The standard InChI is InChI=1S/C13H17N3/c1-9(2)15-16-13-12-7-5-4-6-11(12)8-10(3)14-13/h4-7,10H,8H2,1-3H3,(H,14,16). The Morgan fingerprint density at radius 3 is 2.88 bits per heavy atom. The van der Waals surface area contributed by atoms with E-state index in [1.807, 2.05) is 19.9 Å². The molecular formula is C13H17N3. The lowest BCUT2D eigenvalue weighted by Gasteiger charge is -2.20. The molecule has 1 aromatic rings. The molecule has 3 nitrogen and oxygen atoms in total. The summed E-state index contributed by atoms with van der Waals surface area (Å²) >= 11 is 0. The third-order valence-electron chi connectivity index (χ3n) is 2.52. The molecule has 1 aliphatic rings. The van der Waals surface area contributed by atoms with Gasteiger partial charge in [0.25, 0.3) is 0 Å². The number of rotatable bonds is 1. The molecule has 1 unspecified atom stereocenters. The average molecular weight is 215 g/mol. The summed E-state index contributed by atoms with van der Waals surface area (Å²) < 4.78 is 0. The molecule has 84 valence electrons. The van der Waals surface area contributed by atoms with Crippen molar-refractivity contribution in [2.45, 2.75) is 33.2 Å². The van der Waals surface area contributed by atoms with Crippen LogP contribution in [0.3, 0.4) is 0 Å². The van der Waals surface area contributed by atoms with Gasteiger partial charge in [-0.3, -0.25) is 10.4 Å². The zero-order valence-electron chi connectivity index (χ0n) is 9.99. The minimum atomic E-state index is 0.324. The van der Waals surface area contributed by atoms with Crippen LogP contribution in [0.5, 0.6) is 0 Å². The predicted molar refractivity (Wildman–Crippen MR) is 68.1 cm³/mol. The second-order valence-electron chi connectivity index (χ2n) is 4.36. The van der Waals surface area contributed by atoms with Gasteiger partial charge in [0.1, 0.15) is 5.84 Å². The lowest BCUT2D eigenvalue weighted by Crippen LogP contribution is -2.28.